The first-order chi connectivity index (χ1) is 13.1. The van der Waals surface area contributed by atoms with Crippen LogP contribution in [-0.4, -0.2) is 39.9 Å². The second-order valence-corrected chi connectivity index (χ2v) is 7.53. The van der Waals surface area contributed by atoms with Gasteiger partial charge in [0.2, 0.25) is 5.91 Å². The molecule has 1 N–H and O–H groups in total. The van der Waals surface area contributed by atoms with E-state index in [4.69, 9.17) is 4.74 Å². The van der Waals surface area contributed by atoms with E-state index >= 15 is 0 Å². The van der Waals surface area contributed by atoms with Crippen molar-refractivity contribution in [2.45, 2.75) is 44.7 Å². The SMILES string of the molecule is CCCCCCNC(=O)CSc1nnc2cc(C)c3ccc(OC)cc3n12. The van der Waals surface area contributed by atoms with Crippen molar-refractivity contribution in [2.75, 3.05) is 19.4 Å². The van der Waals surface area contributed by atoms with Crippen LogP contribution in [0.25, 0.3) is 16.6 Å². The number of fused-ring (bicyclic) bond motifs is 3. The van der Waals surface area contributed by atoms with Crippen molar-refractivity contribution >= 4 is 34.2 Å². The van der Waals surface area contributed by atoms with E-state index in [1.165, 1.54) is 24.6 Å². The van der Waals surface area contributed by atoms with Gasteiger partial charge in [-0.3, -0.25) is 9.20 Å². The Bertz CT molecular complexity index is 939. The number of amides is 1. The van der Waals surface area contributed by atoms with Crippen molar-refractivity contribution in [3.63, 3.8) is 0 Å². The van der Waals surface area contributed by atoms with Crippen molar-refractivity contribution in [3.05, 3.63) is 29.8 Å². The molecule has 7 heteroatoms. The number of hydrogen-bond acceptors (Lipinski definition) is 5. The number of ether oxygens (including phenoxy) is 1. The highest BCUT2D eigenvalue weighted by molar-refractivity contribution is 7.99. The molecule has 0 radical (unpaired) electrons. The van der Waals surface area contributed by atoms with Crippen LogP contribution in [0.2, 0.25) is 0 Å². The second-order valence-electron chi connectivity index (χ2n) is 6.59. The Morgan fingerprint density at radius 1 is 1.22 bits per heavy atom. The van der Waals surface area contributed by atoms with Crippen molar-refractivity contribution in [1.82, 2.24) is 19.9 Å². The fourth-order valence-electron chi connectivity index (χ4n) is 3.08. The van der Waals surface area contributed by atoms with Crippen LogP contribution in [-0.2, 0) is 4.79 Å². The van der Waals surface area contributed by atoms with Crippen LogP contribution in [0.3, 0.4) is 0 Å². The van der Waals surface area contributed by atoms with E-state index in [1.54, 1.807) is 7.11 Å². The molecule has 0 fully saturated rings. The maximum absolute atomic E-state index is 12.1. The second kappa shape index (κ2) is 9.08. The Kier molecular flexibility index (Phi) is 6.55. The number of rotatable bonds is 9. The molecule has 0 spiro atoms. The summed E-state index contributed by atoms with van der Waals surface area (Å²) in [6, 6.07) is 7.99. The third-order valence-electron chi connectivity index (χ3n) is 4.56. The zero-order valence-corrected chi connectivity index (χ0v) is 16.9. The van der Waals surface area contributed by atoms with Gasteiger partial charge in [-0.25, -0.2) is 0 Å². The standard InChI is InChI=1S/C20H26N4O2S/c1-4-5-6-7-10-21-19(25)13-27-20-23-22-18-11-14(2)16-9-8-15(26-3)12-17(16)24(18)20/h8-9,11-12H,4-7,10,13H2,1-3H3,(H,21,25). The summed E-state index contributed by atoms with van der Waals surface area (Å²) in [6.45, 7) is 4.97. The van der Waals surface area contributed by atoms with Gasteiger partial charge in [0, 0.05) is 18.0 Å². The van der Waals surface area contributed by atoms with E-state index in [0.717, 1.165) is 47.2 Å². The number of pyridine rings is 1. The minimum atomic E-state index is 0.0299. The van der Waals surface area contributed by atoms with Gasteiger partial charge < -0.3 is 10.1 Å². The Balaban J connectivity index is 1.75. The van der Waals surface area contributed by atoms with Crippen molar-refractivity contribution in [1.29, 1.82) is 0 Å². The molecule has 1 amide bonds. The van der Waals surface area contributed by atoms with Crippen LogP contribution < -0.4 is 10.1 Å². The van der Waals surface area contributed by atoms with Crippen LogP contribution in [0.1, 0.15) is 38.2 Å². The average molecular weight is 387 g/mol. The summed E-state index contributed by atoms with van der Waals surface area (Å²) < 4.78 is 7.36. The van der Waals surface area contributed by atoms with E-state index in [2.05, 4.69) is 29.4 Å². The Hall–Kier alpha value is -2.28. The topological polar surface area (TPSA) is 68.5 Å². The van der Waals surface area contributed by atoms with Gasteiger partial charge >= 0.3 is 0 Å². The molecule has 2 heterocycles. The first-order valence-corrected chi connectivity index (χ1v) is 10.3. The van der Waals surface area contributed by atoms with Gasteiger partial charge in [-0.05, 0) is 37.1 Å². The summed E-state index contributed by atoms with van der Waals surface area (Å²) in [5, 5.41) is 13.4. The van der Waals surface area contributed by atoms with E-state index in [1.807, 2.05) is 28.7 Å². The number of carbonyl (C=O) groups is 1. The maximum atomic E-state index is 12.1. The Morgan fingerprint density at radius 2 is 2.07 bits per heavy atom. The van der Waals surface area contributed by atoms with E-state index in [-0.39, 0.29) is 5.91 Å². The monoisotopic (exact) mass is 386 g/mol. The minimum absolute atomic E-state index is 0.0299. The minimum Gasteiger partial charge on any atom is -0.497 e. The number of aryl methyl sites for hydroxylation is 1. The summed E-state index contributed by atoms with van der Waals surface area (Å²) in [4.78, 5) is 12.1. The van der Waals surface area contributed by atoms with Gasteiger partial charge in [-0.1, -0.05) is 37.9 Å². The maximum Gasteiger partial charge on any atom is 0.230 e. The molecule has 0 aliphatic rings. The van der Waals surface area contributed by atoms with Crippen LogP contribution in [0.4, 0.5) is 0 Å². The molecule has 27 heavy (non-hydrogen) atoms. The molecule has 0 saturated carbocycles. The molecule has 3 aromatic rings. The molecule has 0 bridgehead atoms. The normalized spacial score (nSPS) is 11.2. The van der Waals surface area contributed by atoms with Crippen LogP contribution in [0.15, 0.2) is 29.4 Å². The highest BCUT2D eigenvalue weighted by atomic mass is 32.2. The molecular formula is C20H26N4O2S. The van der Waals surface area contributed by atoms with Gasteiger partial charge in [0.25, 0.3) is 0 Å². The summed E-state index contributed by atoms with van der Waals surface area (Å²) in [7, 11) is 1.65. The fourth-order valence-corrected chi connectivity index (χ4v) is 3.87. The van der Waals surface area contributed by atoms with Crippen LogP contribution >= 0.6 is 11.8 Å². The summed E-state index contributed by atoms with van der Waals surface area (Å²) in [6.07, 6.45) is 4.60. The predicted octanol–water partition coefficient (Wildman–Crippen LogP) is 3.99. The average Bonchev–Trinajstić information content (AvgIpc) is 3.08. The zero-order valence-electron chi connectivity index (χ0n) is 16.1. The number of benzene rings is 1. The summed E-state index contributed by atoms with van der Waals surface area (Å²) in [5.41, 5.74) is 2.89. The third kappa shape index (κ3) is 4.53. The number of aromatic nitrogens is 3. The molecule has 3 rings (SSSR count). The highest BCUT2D eigenvalue weighted by Gasteiger charge is 2.13. The highest BCUT2D eigenvalue weighted by Crippen LogP contribution is 2.28. The number of hydrogen-bond donors (Lipinski definition) is 1. The lowest BCUT2D eigenvalue weighted by Gasteiger charge is -2.09. The van der Waals surface area contributed by atoms with Gasteiger partial charge in [0.05, 0.1) is 18.4 Å². The van der Waals surface area contributed by atoms with Crippen LogP contribution in [0, 0.1) is 6.92 Å². The number of nitrogens with one attached hydrogen (secondary N) is 1. The molecule has 1 aromatic carbocycles. The van der Waals surface area contributed by atoms with E-state index < -0.39 is 0 Å². The third-order valence-corrected chi connectivity index (χ3v) is 5.49. The summed E-state index contributed by atoms with van der Waals surface area (Å²) >= 11 is 1.40. The molecule has 6 nitrogen and oxygen atoms in total. The molecule has 0 aliphatic heterocycles. The van der Waals surface area contributed by atoms with Gasteiger partial charge in [0.1, 0.15) is 5.75 Å². The number of nitrogens with zero attached hydrogens (tertiary/aromatic N) is 3. The van der Waals surface area contributed by atoms with E-state index in [0.29, 0.717) is 10.9 Å². The number of methoxy groups -OCH3 is 1. The molecule has 0 unspecified atom stereocenters. The first-order valence-electron chi connectivity index (χ1n) is 9.36. The lowest BCUT2D eigenvalue weighted by atomic mass is 10.1. The fraction of sp³-hybridized carbons (Fsp3) is 0.450. The van der Waals surface area contributed by atoms with Crippen molar-refractivity contribution in [2.24, 2.45) is 0 Å². The van der Waals surface area contributed by atoms with Crippen molar-refractivity contribution in [3.8, 4) is 5.75 Å². The van der Waals surface area contributed by atoms with Crippen LogP contribution in [0.5, 0.6) is 5.75 Å². The lowest BCUT2D eigenvalue weighted by molar-refractivity contribution is -0.118. The summed E-state index contributed by atoms with van der Waals surface area (Å²) in [5.74, 6) is 1.14. The number of carbonyl (C=O) groups excluding carboxylic acids is 1. The molecule has 0 atom stereocenters. The molecule has 144 valence electrons. The van der Waals surface area contributed by atoms with E-state index in [9.17, 15) is 4.79 Å². The molecule has 2 aromatic heterocycles. The van der Waals surface area contributed by atoms with Gasteiger partial charge in [-0.15, -0.1) is 10.2 Å². The molecule has 0 saturated heterocycles. The zero-order chi connectivity index (χ0) is 19.2. The van der Waals surface area contributed by atoms with Gasteiger partial charge in [-0.2, -0.15) is 0 Å². The quantitative estimate of drug-likeness (QED) is 0.445. The van der Waals surface area contributed by atoms with Gasteiger partial charge in [0.15, 0.2) is 10.8 Å². The predicted molar refractivity (Wildman–Crippen MR) is 110 cm³/mol. The lowest BCUT2D eigenvalue weighted by Crippen LogP contribution is -2.26. The van der Waals surface area contributed by atoms with Crippen molar-refractivity contribution < 1.29 is 9.53 Å². The Morgan fingerprint density at radius 3 is 2.85 bits per heavy atom. The Labute approximate surface area is 163 Å². The number of thioether (sulfide) groups is 1. The smallest absolute Gasteiger partial charge is 0.230 e. The number of unbranched alkanes of at least 4 members (excludes halogenated alkanes) is 3. The molecule has 0 aliphatic carbocycles. The largest absolute Gasteiger partial charge is 0.497 e. The first kappa shape index (κ1) is 19.5. The molecular weight excluding hydrogens is 360 g/mol.